The van der Waals surface area contributed by atoms with Crippen molar-refractivity contribution in [2.45, 2.75) is 40.0 Å². The second-order valence-electron chi connectivity index (χ2n) is 6.93. The van der Waals surface area contributed by atoms with Crippen LogP contribution in [0.15, 0.2) is 42.5 Å². The van der Waals surface area contributed by atoms with Crippen molar-refractivity contribution < 1.29 is 4.74 Å². The Kier molecular flexibility index (Phi) is 5.12. The molecule has 1 N–H and O–H groups in total. The van der Waals surface area contributed by atoms with Crippen molar-refractivity contribution in [2.24, 2.45) is 0 Å². The average molecular weight is 297 g/mol. The summed E-state index contributed by atoms with van der Waals surface area (Å²) in [6, 6.07) is 14.9. The maximum absolute atomic E-state index is 5.79. The Bertz CT molecular complexity index is 588. The van der Waals surface area contributed by atoms with Crippen LogP contribution in [-0.2, 0) is 5.41 Å². The van der Waals surface area contributed by atoms with E-state index in [1.807, 2.05) is 0 Å². The van der Waals surface area contributed by atoms with Crippen molar-refractivity contribution in [1.82, 2.24) is 0 Å². The van der Waals surface area contributed by atoms with Crippen LogP contribution in [0.4, 0.5) is 5.69 Å². The van der Waals surface area contributed by atoms with E-state index < -0.39 is 0 Å². The molecule has 0 unspecified atom stereocenters. The molecule has 0 aromatic heterocycles. The SMILES string of the molecule is Cc1cc(C)cc(NCCOc2ccc(C(C)(C)C)cc2)c1. The Morgan fingerprint density at radius 3 is 2.05 bits per heavy atom. The van der Waals surface area contributed by atoms with Crippen LogP contribution in [0.1, 0.15) is 37.5 Å². The number of anilines is 1. The van der Waals surface area contributed by atoms with Crippen LogP contribution in [0, 0.1) is 13.8 Å². The van der Waals surface area contributed by atoms with E-state index in [1.165, 1.54) is 16.7 Å². The van der Waals surface area contributed by atoms with Gasteiger partial charge in [0.15, 0.2) is 0 Å². The van der Waals surface area contributed by atoms with Gasteiger partial charge in [-0.2, -0.15) is 0 Å². The molecule has 2 nitrogen and oxygen atoms in total. The molecule has 0 radical (unpaired) electrons. The van der Waals surface area contributed by atoms with Gasteiger partial charge in [-0.15, -0.1) is 0 Å². The monoisotopic (exact) mass is 297 g/mol. The Balaban J connectivity index is 1.81. The van der Waals surface area contributed by atoms with E-state index in [2.05, 4.69) is 82.4 Å². The molecule has 0 spiro atoms. The molecule has 0 aliphatic heterocycles. The van der Waals surface area contributed by atoms with E-state index in [1.54, 1.807) is 0 Å². The summed E-state index contributed by atoms with van der Waals surface area (Å²) in [4.78, 5) is 0. The van der Waals surface area contributed by atoms with Crippen molar-refractivity contribution in [2.75, 3.05) is 18.5 Å². The van der Waals surface area contributed by atoms with Crippen LogP contribution in [0.25, 0.3) is 0 Å². The lowest BCUT2D eigenvalue weighted by Gasteiger charge is -2.19. The highest BCUT2D eigenvalue weighted by Gasteiger charge is 2.12. The van der Waals surface area contributed by atoms with Crippen molar-refractivity contribution in [1.29, 1.82) is 0 Å². The smallest absolute Gasteiger partial charge is 0.119 e. The Morgan fingerprint density at radius 1 is 0.909 bits per heavy atom. The minimum absolute atomic E-state index is 0.184. The number of benzene rings is 2. The molecule has 0 heterocycles. The fourth-order valence-corrected chi connectivity index (χ4v) is 2.49. The molecule has 0 fully saturated rings. The minimum Gasteiger partial charge on any atom is -0.492 e. The Morgan fingerprint density at radius 2 is 1.50 bits per heavy atom. The van der Waals surface area contributed by atoms with E-state index in [-0.39, 0.29) is 5.41 Å². The van der Waals surface area contributed by atoms with Crippen LogP contribution in [-0.4, -0.2) is 13.2 Å². The number of hydrogen-bond acceptors (Lipinski definition) is 2. The summed E-state index contributed by atoms with van der Waals surface area (Å²) in [5, 5.41) is 3.41. The van der Waals surface area contributed by atoms with Gasteiger partial charge in [0.1, 0.15) is 12.4 Å². The number of aryl methyl sites for hydroxylation is 2. The molecule has 0 atom stereocenters. The molecular weight excluding hydrogens is 270 g/mol. The topological polar surface area (TPSA) is 21.3 Å². The summed E-state index contributed by atoms with van der Waals surface area (Å²) in [7, 11) is 0. The molecule has 0 amide bonds. The zero-order valence-electron chi connectivity index (χ0n) is 14.4. The normalized spacial score (nSPS) is 11.3. The van der Waals surface area contributed by atoms with E-state index in [0.29, 0.717) is 6.61 Å². The standard InChI is InChI=1S/C20H27NO/c1-15-12-16(2)14-18(13-15)21-10-11-22-19-8-6-17(7-9-19)20(3,4)5/h6-9,12-14,21H,10-11H2,1-5H3. The van der Waals surface area contributed by atoms with E-state index >= 15 is 0 Å². The summed E-state index contributed by atoms with van der Waals surface area (Å²) in [5.41, 5.74) is 5.23. The average Bonchev–Trinajstić information content (AvgIpc) is 2.42. The predicted octanol–water partition coefficient (Wildman–Crippen LogP) is 5.09. The van der Waals surface area contributed by atoms with Gasteiger partial charge in [-0.05, 0) is 60.2 Å². The molecule has 2 aromatic rings. The van der Waals surface area contributed by atoms with E-state index in [0.717, 1.165) is 18.0 Å². The summed E-state index contributed by atoms with van der Waals surface area (Å²) >= 11 is 0. The van der Waals surface area contributed by atoms with Crippen molar-refractivity contribution in [3.05, 3.63) is 59.2 Å². The third-order valence-electron chi connectivity index (χ3n) is 3.64. The highest BCUT2D eigenvalue weighted by molar-refractivity contribution is 5.48. The molecule has 0 bridgehead atoms. The third-order valence-corrected chi connectivity index (χ3v) is 3.64. The van der Waals surface area contributed by atoms with Gasteiger partial charge in [-0.25, -0.2) is 0 Å². The fourth-order valence-electron chi connectivity index (χ4n) is 2.49. The molecule has 2 aromatic carbocycles. The highest BCUT2D eigenvalue weighted by atomic mass is 16.5. The fraction of sp³-hybridized carbons (Fsp3) is 0.400. The molecule has 22 heavy (non-hydrogen) atoms. The first-order valence-corrected chi connectivity index (χ1v) is 7.90. The van der Waals surface area contributed by atoms with Crippen molar-refractivity contribution >= 4 is 5.69 Å². The predicted molar refractivity (Wildman–Crippen MR) is 95.0 cm³/mol. The Hall–Kier alpha value is -1.96. The van der Waals surface area contributed by atoms with Crippen LogP contribution < -0.4 is 10.1 Å². The van der Waals surface area contributed by atoms with Crippen LogP contribution in [0.5, 0.6) is 5.75 Å². The number of ether oxygens (including phenoxy) is 1. The Labute approximate surface area is 134 Å². The van der Waals surface area contributed by atoms with Crippen LogP contribution in [0.3, 0.4) is 0 Å². The molecule has 2 heteroatoms. The molecule has 2 rings (SSSR count). The summed E-state index contributed by atoms with van der Waals surface area (Å²) in [6.07, 6.45) is 0. The maximum atomic E-state index is 5.79. The highest BCUT2D eigenvalue weighted by Crippen LogP contribution is 2.24. The van der Waals surface area contributed by atoms with Crippen LogP contribution >= 0.6 is 0 Å². The molecule has 0 saturated carbocycles. The largest absolute Gasteiger partial charge is 0.492 e. The quantitative estimate of drug-likeness (QED) is 0.776. The lowest BCUT2D eigenvalue weighted by atomic mass is 9.87. The van der Waals surface area contributed by atoms with Crippen LogP contribution in [0.2, 0.25) is 0 Å². The minimum atomic E-state index is 0.184. The lowest BCUT2D eigenvalue weighted by molar-refractivity contribution is 0.332. The van der Waals surface area contributed by atoms with Gasteiger partial charge in [-0.1, -0.05) is 39.0 Å². The third kappa shape index (κ3) is 4.80. The van der Waals surface area contributed by atoms with Crippen molar-refractivity contribution in [3.63, 3.8) is 0 Å². The molecular formula is C20H27NO. The van der Waals surface area contributed by atoms with Gasteiger partial charge in [0.05, 0.1) is 0 Å². The maximum Gasteiger partial charge on any atom is 0.119 e. The molecule has 0 saturated heterocycles. The van der Waals surface area contributed by atoms with Gasteiger partial charge < -0.3 is 10.1 Å². The second-order valence-corrected chi connectivity index (χ2v) is 6.93. The van der Waals surface area contributed by atoms with Gasteiger partial charge in [-0.3, -0.25) is 0 Å². The first-order valence-electron chi connectivity index (χ1n) is 7.90. The number of hydrogen-bond donors (Lipinski definition) is 1. The lowest BCUT2D eigenvalue weighted by Crippen LogP contribution is -2.12. The number of nitrogens with one attached hydrogen (secondary N) is 1. The summed E-state index contributed by atoms with van der Waals surface area (Å²) in [6.45, 7) is 12.3. The molecule has 118 valence electrons. The summed E-state index contributed by atoms with van der Waals surface area (Å²) < 4.78 is 5.79. The number of rotatable bonds is 5. The zero-order valence-corrected chi connectivity index (χ0v) is 14.4. The van der Waals surface area contributed by atoms with Gasteiger partial charge in [0.2, 0.25) is 0 Å². The first-order chi connectivity index (χ1) is 10.3. The second kappa shape index (κ2) is 6.87. The zero-order chi connectivity index (χ0) is 16.2. The molecule has 0 aliphatic rings. The van der Waals surface area contributed by atoms with Gasteiger partial charge in [0.25, 0.3) is 0 Å². The molecule has 0 aliphatic carbocycles. The first kappa shape index (κ1) is 16.4. The van der Waals surface area contributed by atoms with Gasteiger partial charge in [0, 0.05) is 12.2 Å². The van der Waals surface area contributed by atoms with Crippen molar-refractivity contribution in [3.8, 4) is 5.75 Å². The van der Waals surface area contributed by atoms with E-state index in [4.69, 9.17) is 4.74 Å². The van der Waals surface area contributed by atoms with Gasteiger partial charge >= 0.3 is 0 Å². The summed E-state index contributed by atoms with van der Waals surface area (Å²) in [5.74, 6) is 0.926. The van der Waals surface area contributed by atoms with E-state index in [9.17, 15) is 0 Å².